The quantitative estimate of drug-likeness (QED) is 0.669. The van der Waals surface area contributed by atoms with Crippen molar-refractivity contribution in [1.29, 1.82) is 0 Å². The molecule has 1 aromatic carbocycles. The minimum atomic E-state index is 0.0431. The normalized spacial score (nSPS) is 15.5. The van der Waals surface area contributed by atoms with Crippen LogP contribution in [0, 0.1) is 0 Å². The number of carbonyl (C=O) groups is 1. The van der Waals surface area contributed by atoms with Crippen LogP contribution < -0.4 is 15.5 Å². The van der Waals surface area contributed by atoms with Crippen molar-refractivity contribution in [2.24, 2.45) is 0 Å². The molecule has 1 aliphatic rings. The number of likely N-dealkylation sites (N-methyl/N-ethyl adjacent to an activating group) is 1. The fourth-order valence-corrected chi connectivity index (χ4v) is 2.71. The maximum atomic E-state index is 11.9. The summed E-state index contributed by atoms with van der Waals surface area (Å²) in [4.78, 5) is 16.7. The molecule has 134 valence electrons. The van der Waals surface area contributed by atoms with E-state index in [1.54, 1.807) is 7.11 Å². The molecule has 6 heteroatoms. The summed E-state index contributed by atoms with van der Waals surface area (Å²) in [7, 11) is 3.85. The fraction of sp³-hybridized carbons (Fsp3) is 0.611. The number of anilines is 2. The third-order valence-corrected chi connectivity index (χ3v) is 4.25. The second kappa shape index (κ2) is 10.3. The van der Waals surface area contributed by atoms with Gasteiger partial charge < -0.3 is 25.2 Å². The summed E-state index contributed by atoms with van der Waals surface area (Å²) < 4.78 is 4.98. The van der Waals surface area contributed by atoms with Crippen molar-refractivity contribution >= 4 is 17.3 Å². The number of ether oxygens (including phenoxy) is 1. The topological polar surface area (TPSA) is 56.8 Å². The first kappa shape index (κ1) is 18.7. The highest BCUT2D eigenvalue weighted by Crippen LogP contribution is 2.19. The highest BCUT2D eigenvalue weighted by atomic mass is 16.5. The van der Waals surface area contributed by atoms with Gasteiger partial charge in [0.1, 0.15) is 0 Å². The van der Waals surface area contributed by atoms with Crippen LogP contribution in [-0.4, -0.2) is 70.8 Å². The van der Waals surface area contributed by atoms with Crippen LogP contribution in [-0.2, 0) is 9.53 Å². The minimum Gasteiger partial charge on any atom is -0.385 e. The number of methoxy groups -OCH3 is 1. The van der Waals surface area contributed by atoms with Gasteiger partial charge in [-0.25, -0.2) is 0 Å². The molecule has 1 aliphatic heterocycles. The lowest BCUT2D eigenvalue weighted by Gasteiger charge is -2.34. The molecule has 1 amide bonds. The molecule has 0 atom stereocenters. The van der Waals surface area contributed by atoms with E-state index in [4.69, 9.17) is 4.74 Å². The van der Waals surface area contributed by atoms with E-state index in [-0.39, 0.29) is 5.91 Å². The van der Waals surface area contributed by atoms with Gasteiger partial charge in [-0.05, 0) is 44.3 Å². The zero-order chi connectivity index (χ0) is 17.2. The van der Waals surface area contributed by atoms with Crippen molar-refractivity contribution < 1.29 is 9.53 Å². The molecular weight excluding hydrogens is 304 g/mol. The van der Waals surface area contributed by atoms with Crippen molar-refractivity contribution in [1.82, 2.24) is 10.2 Å². The van der Waals surface area contributed by atoms with Gasteiger partial charge in [0.25, 0.3) is 0 Å². The van der Waals surface area contributed by atoms with Gasteiger partial charge >= 0.3 is 0 Å². The van der Waals surface area contributed by atoms with E-state index in [0.717, 1.165) is 51.4 Å². The molecule has 1 heterocycles. The Labute approximate surface area is 145 Å². The van der Waals surface area contributed by atoms with Crippen molar-refractivity contribution in [2.45, 2.75) is 12.8 Å². The number of hydrogen-bond donors (Lipinski definition) is 2. The lowest BCUT2D eigenvalue weighted by atomic mass is 10.2. The number of carbonyl (C=O) groups excluding carboxylic acids is 1. The second-order valence-electron chi connectivity index (χ2n) is 6.23. The smallest absolute Gasteiger partial charge is 0.225 e. The number of rotatable bonds is 9. The number of piperazine rings is 1. The van der Waals surface area contributed by atoms with Gasteiger partial charge in [-0.1, -0.05) is 0 Å². The lowest BCUT2D eigenvalue weighted by molar-refractivity contribution is -0.116. The monoisotopic (exact) mass is 334 g/mol. The van der Waals surface area contributed by atoms with Crippen LogP contribution in [0.2, 0.25) is 0 Å². The van der Waals surface area contributed by atoms with Crippen LogP contribution >= 0.6 is 0 Å². The van der Waals surface area contributed by atoms with E-state index in [1.807, 2.05) is 12.1 Å². The maximum Gasteiger partial charge on any atom is 0.225 e. The van der Waals surface area contributed by atoms with Gasteiger partial charge in [0, 0.05) is 64.2 Å². The summed E-state index contributed by atoms with van der Waals surface area (Å²) in [6.45, 7) is 6.61. The average molecular weight is 334 g/mol. The highest BCUT2D eigenvalue weighted by molar-refractivity contribution is 5.91. The average Bonchev–Trinajstić information content (AvgIpc) is 2.59. The molecule has 0 aliphatic carbocycles. The highest BCUT2D eigenvalue weighted by Gasteiger charge is 2.14. The van der Waals surface area contributed by atoms with Crippen LogP contribution in [0.4, 0.5) is 11.4 Å². The van der Waals surface area contributed by atoms with Crippen LogP contribution in [0.1, 0.15) is 12.8 Å². The Hall–Kier alpha value is -1.63. The van der Waals surface area contributed by atoms with Crippen LogP contribution in [0.3, 0.4) is 0 Å². The van der Waals surface area contributed by atoms with E-state index >= 15 is 0 Å². The van der Waals surface area contributed by atoms with Gasteiger partial charge in [-0.3, -0.25) is 4.79 Å². The summed E-state index contributed by atoms with van der Waals surface area (Å²) in [5.74, 6) is 0.0431. The molecule has 1 fully saturated rings. The summed E-state index contributed by atoms with van der Waals surface area (Å²) >= 11 is 0. The molecule has 2 N–H and O–H groups in total. The predicted octanol–water partition coefficient (Wildman–Crippen LogP) is 1.39. The van der Waals surface area contributed by atoms with Crippen molar-refractivity contribution in [3.63, 3.8) is 0 Å². The van der Waals surface area contributed by atoms with Crippen LogP contribution in [0.5, 0.6) is 0 Å². The van der Waals surface area contributed by atoms with Gasteiger partial charge in [0.2, 0.25) is 5.91 Å². The van der Waals surface area contributed by atoms with Crippen LogP contribution in [0.15, 0.2) is 24.3 Å². The Morgan fingerprint density at radius 3 is 2.50 bits per heavy atom. The summed E-state index contributed by atoms with van der Waals surface area (Å²) in [6, 6.07) is 8.14. The Kier molecular flexibility index (Phi) is 8.01. The molecule has 0 bridgehead atoms. The predicted molar refractivity (Wildman–Crippen MR) is 98.8 cm³/mol. The first-order valence-corrected chi connectivity index (χ1v) is 8.72. The molecular formula is C18H30N4O2. The van der Waals surface area contributed by atoms with Gasteiger partial charge in [0.15, 0.2) is 0 Å². The summed E-state index contributed by atoms with van der Waals surface area (Å²) in [5.41, 5.74) is 2.08. The third kappa shape index (κ3) is 6.47. The molecule has 1 saturated heterocycles. The lowest BCUT2D eigenvalue weighted by Crippen LogP contribution is -2.44. The first-order valence-electron chi connectivity index (χ1n) is 8.72. The molecule has 0 aromatic heterocycles. The molecule has 1 aromatic rings. The van der Waals surface area contributed by atoms with E-state index in [1.165, 1.54) is 5.69 Å². The van der Waals surface area contributed by atoms with E-state index in [0.29, 0.717) is 13.0 Å². The zero-order valence-electron chi connectivity index (χ0n) is 14.9. The fourth-order valence-electron chi connectivity index (χ4n) is 2.71. The molecule has 2 rings (SSSR count). The third-order valence-electron chi connectivity index (χ3n) is 4.25. The van der Waals surface area contributed by atoms with Crippen molar-refractivity contribution in [2.75, 3.05) is 70.2 Å². The molecule has 0 unspecified atom stereocenters. The number of hydrogen-bond acceptors (Lipinski definition) is 5. The number of benzene rings is 1. The summed E-state index contributed by atoms with van der Waals surface area (Å²) in [5, 5.41) is 6.19. The Morgan fingerprint density at radius 1 is 1.12 bits per heavy atom. The molecule has 6 nitrogen and oxygen atoms in total. The standard InChI is InChI=1S/C18H30N4O2/c1-21-11-13-22(14-12-21)17-6-4-16(5-7-17)20-18(23)8-10-19-9-3-15-24-2/h4-7,19H,3,8-15H2,1-2H3,(H,20,23). The van der Waals surface area contributed by atoms with Gasteiger partial charge in [-0.2, -0.15) is 0 Å². The zero-order valence-corrected chi connectivity index (χ0v) is 14.9. The van der Waals surface area contributed by atoms with Gasteiger partial charge in [-0.15, -0.1) is 0 Å². The first-order chi connectivity index (χ1) is 11.7. The summed E-state index contributed by atoms with van der Waals surface area (Å²) in [6.07, 6.45) is 1.44. The Balaban J connectivity index is 1.68. The molecule has 0 spiro atoms. The Bertz CT molecular complexity index is 484. The maximum absolute atomic E-state index is 11.9. The SMILES string of the molecule is COCCCNCCC(=O)Nc1ccc(N2CCN(C)CC2)cc1. The van der Waals surface area contributed by atoms with E-state index in [2.05, 4.69) is 39.6 Å². The molecule has 0 saturated carbocycles. The van der Waals surface area contributed by atoms with Crippen molar-refractivity contribution in [3.05, 3.63) is 24.3 Å². The molecule has 0 radical (unpaired) electrons. The number of nitrogens with zero attached hydrogens (tertiary/aromatic N) is 2. The Morgan fingerprint density at radius 2 is 1.83 bits per heavy atom. The van der Waals surface area contributed by atoms with E-state index < -0.39 is 0 Å². The number of nitrogens with one attached hydrogen (secondary N) is 2. The van der Waals surface area contributed by atoms with Crippen LogP contribution in [0.25, 0.3) is 0 Å². The largest absolute Gasteiger partial charge is 0.385 e. The molecule has 24 heavy (non-hydrogen) atoms. The van der Waals surface area contributed by atoms with Gasteiger partial charge in [0.05, 0.1) is 0 Å². The van der Waals surface area contributed by atoms with Crippen molar-refractivity contribution in [3.8, 4) is 0 Å². The second-order valence-corrected chi connectivity index (χ2v) is 6.23. The minimum absolute atomic E-state index is 0.0431. The van der Waals surface area contributed by atoms with E-state index in [9.17, 15) is 4.79 Å². The number of amides is 1.